The molecule has 0 aliphatic heterocycles. The molecule has 0 radical (unpaired) electrons. The van der Waals surface area contributed by atoms with Gasteiger partial charge in [0.15, 0.2) is 0 Å². The summed E-state index contributed by atoms with van der Waals surface area (Å²) >= 11 is 0. The van der Waals surface area contributed by atoms with Crippen molar-refractivity contribution >= 4 is 5.91 Å². The molecule has 1 amide bonds. The van der Waals surface area contributed by atoms with Crippen LogP contribution in [-0.2, 0) is 14.3 Å². The van der Waals surface area contributed by atoms with E-state index in [1.807, 2.05) is 0 Å². The number of hydrogen-bond acceptors (Lipinski definition) is 5. The summed E-state index contributed by atoms with van der Waals surface area (Å²) < 4.78 is 11.1. The third kappa shape index (κ3) is 30.6. The molecule has 0 rings (SSSR count). The van der Waals surface area contributed by atoms with Crippen molar-refractivity contribution < 1.29 is 24.5 Å². The molecule has 6 nitrogen and oxygen atoms in total. The first-order valence-electron chi connectivity index (χ1n) is 20.3. The number of aliphatic hydroxyl groups is 2. The Morgan fingerprint density at radius 2 is 0.935 bits per heavy atom. The van der Waals surface area contributed by atoms with Crippen LogP contribution in [-0.4, -0.2) is 61.8 Å². The highest BCUT2D eigenvalue weighted by atomic mass is 16.5. The molecule has 0 aromatic carbocycles. The number of aliphatic hydroxyl groups excluding tert-OH is 2. The van der Waals surface area contributed by atoms with Crippen LogP contribution in [0.15, 0.2) is 0 Å². The van der Waals surface area contributed by atoms with Gasteiger partial charge in [-0.05, 0) is 38.5 Å². The van der Waals surface area contributed by atoms with Gasteiger partial charge in [0, 0.05) is 32.8 Å². The Balaban J connectivity index is 4.10. The second-order valence-corrected chi connectivity index (χ2v) is 14.0. The van der Waals surface area contributed by atoms with Crippen LogP contribution < -0.4 is 5.32 Å². The highest BCUT2D eigenvalue weighted by Gasteiger charge is 2.25. The minimum Gasteiger partial charge on any atom is -0.394 e. The molecule has 3 unspecified atom stereocenters. The van der Waals surface area contributed by atoms with E-state index < -0.39 is 12.1 Å². The van der Waals surface area contributed by atoms with Crippen molar-refractivity contribution in [3.8, 4) is 0 Å². The van der Waals surface area contributed by atoms with E-state index in [1.165, 1.54) is 141 Å². The lowest BCUT2D eigenvalue weighted by atomic mass is 9.93. The van der Waals surface area contributed by atoms with Crippen LogP contribution in [0, 0.1) is 5.92 Å². The summed E-state index contributed by atoms with van der Waals surface area (Å²) in [5.41, 5.74) is 0. The number of nitrogens with one attached hydrogen (secondary N) is 1. The third-order valence-corrected chi connectivity index (χ3v) is 9.60. The number of rotatable bonds is 38. The Morgan fingerprint density at radius 1 is 0.543 bits per heavy atom. The smallest absolute Gasteiger partial charge is 0.223 e. The van der Waals surface area contributed by atoms with Crippen LogP contribution in [0.5, 0.6) is 0 Å². The molecule has 0 heterocycles. The molecular formula is C40H81NO5. The van der Waals surface area contributed by atoms with Gasteiger partial charge in [-0.15, -0.1) is 0 Å². The van der Waals surface area contributed by atoms with Gasteiger partial charge in [0.05, 0.1) is 18.8 Å². The zero-order valence-corrected chi connectivity index (χ0v) is 31.2. The summed E-state index contributed by atoms with van der Waals surface area (Å²) in [6.45, 7) is 6.24. The molecule has 0 bridgehead atoms. The molecule has 3 atom stereocenters. The molecule has 3 N–H and O–H groups in total. The number of methoxy groups -OCH3 is 1. The molecular weight excluding hydrogens is 574 g/mol. The van der Waals surface area contributed by atoms with Crippen LogP contribution >= 0.6 is 0 Å². The number of carbonyl (C=O) groups excluding carboxylic acids is 1. The predicted molar refractivity (Wildman–Crippen MR) is 196 cm³/mol. The first kappa shape index (κ1) is 45.3. The van der Waals surface area contributed by atoms with Crippen molar-refractivity contribution in [2.75, 3.05) is 33.5 Å². The summed E-state index contributed by atoms with van der Waals surface area (Å²) in [5.74, 6) is -0.0676. The molecule has 0 aromatic heterocycles. The van der Waals surface area contributed by atoms with E-state index in [9.17, 15) is 15.0 Å². The van der Waals surface area contributed by atoms with E-state index in [4.69, 9.17) is 9.47 Å². The normalized spacial score (nSPS) is 13.6. The average Bonchev–Trinajstić information content (AvgIpc) is 3.06. The summed E-state index contributed by atoms with van der Waals surface area (Å²) in [4.78, 5) is 13.3. The Hall–Kier alpha value is -0.690. The van der Waals surface area contributed by atoms with Crippen molar-refractivity contribution in [3.63, 3.8) is 0 Å². The quantitative estimate of drug-likeness (QED) is 0.0576. The van der Waals surface area contributed by atoms with Crippen LogP contribution in [0.2, 0.25) is 0 Å². The van der Waals surface area contributed by atoms with Crippen molar-refractivity contribution in [1.82, 2.24) is 5.32 Å². The maximum Gasteiger partial charge on any atom is 0.223 e. The van der Waals surface area contributed by atoms with Gasteiger partial charge in [0.25, 0.3) is 0 Å². The van der Waals surface area contributed by atoms with Crippen LogP contribution in [0.25, 0.3) is 0 Å². The monoisotopic (exact) mass is 656 g/mol. The fraction of sp³-hybridized carbons (Fsp3) is 0.975. The van der Waals surface area contributed by atoms with Gasteiger partial charge in [0.2, 0.25) is 5.91 Å². The van der Waals surface area contributed by atoms with Gasteiger partial charge in [0.1, 0.15) is 0 Å². The van der Waals surface area contributed by atoms with E-state index in [1.54, 1.807) is 7.11 Å². The van der Waals surface area contributed by atoms with Crippen LogP contribution in [0.3, 0.4) is 0 Å². The molecule has 0 saturated heterocycles. The largest absolute Gasteiger partial charge is 0.394 e. The average molecular weight is 656 g/mol. The Kier molecular flexibility index (Phi) is 36.6. The topological polar surface area (TPSA) is 88.0 Å². The molecule has 0 aromatic rings. The Bertz CT molecular complexity index is 604. The number of carbonyl (C=O) groups is 1. The summed E-state index contributed by atoms with van der Waals surface area (Å²) in [7, 11) is 1.70. The van der Waals surface area contributed by atoms with Gasteiger partial charge in [-0.1, -0.05) is 162 Å². The highest BCUT2D eigenvalue weighted by Crippen LogP contribution is 2.19. The summed E-state index contributed by atoms with van der Waals surface area (Å²) in [5, 5.41) is 23.2. The lowest BCUT2D eigenvalue weighted by molar-refractivity contribution is -0.127. The van der Waals surface area contributed by atoms with E-state index in [0.717, 1.165) is 45.1 Å². The number of unbranched alkanes of at least 4 members (excludes halogenated alkanes) is 22. The minimum atomic E-state index is -0.952. The standard InChI is InChI=1S/C40H81NO5/c1-4-6-8-10-12-14-16-17-18-19-21-23-25-27-34-46-35-29-32-38(39(43)36-42)41-40(44)37(31-28-33-45-3)30-26-24-22-20-15-13-11-9-7-5-2/h37-39,42-43H,4-36H2,1-3H3,(H,41,44). The maximum atomic E-state index is 13.3. The van der Waals surface area contributed by atoms with Gasteiger partial charge in [-0.2, -0.15) is 0 Å². The lowest BCUT2D eigenvalue weighted by Crippen LogP contribution is -2.47. The van der Waals surface area contributed by atoms with Gasteiger partial charge < -0.3 is 25.0 Å². The predicted octanol–water partition coefficient (Wildman–Crippen LogP) is 10.5. The fourth-order valence-electron chi connectivity index (χ4n) is 6.45. The van der Waals surface area contributed by atoms with E-state index >= 15 is 0 Å². The number of ether oxygens (including phenoxy) is 2. The second kappa shape index (κ2) is 37.1. The number of hydrogen-bond donors (Lipinski definition) is 3. The van der Waals surface area contributed by atoms with Gasteiger partial charge in [-0.3, -0.25) is 4.79 Å². The second-order valence-electron chi connectivity index (χ2n) is 14.0. The molecule has 0 saturated carbocycles. The molecule has 0 fully saturated rings. The Labute approximate surface area is 286 Å². The van der Waals surface area contributed by atoms with Gasteiger partial charge in [-0.25, -0.2) is 0 Å². The molecule has 0 spiro atoms. The first-order chi connectivity index (χ1) is 22.6. The maximum absolute atomic E-state index is 13.3. The summed E-state index contributed by atoms with van der Waals surface area (Å²) in [6.07, 6.45) is 34.7. The Morgan fingerprint density at radius 3 is 1.39 bits per heavy atom. The lowest BCUT2D eigenvalue weighted by Gasteiger charge is -2.26. The van der Waals surface area contributed by atoms with Crippen molar-refractivity contribution in [1.29, 1.82) is 0 Å². The van der Waals surface area contributed by atoms with E-state index in [-0.39, 0.29) is 18.4 Å². The molecule has 0 aliphatic carbocycles. The van der Waals surface area contributed by atoms with Gasteiger partial charge >= 0.3 is 0 Å². The van der Waals surface area contributed by atoms with Crippen molar-refractivity contribution in [2.24, 2.45) is 5.92 Å². The zero-order chi connectivity index (χ0) is 33.8. The number of amides is 1. The van der Waals surface area contributed by atoms with Crippen LogP contribution in [0.4, 0.5) is 0 Å². The third-order valence-electron chi connectivity index (χ3n) is 9.60. The molecule has 46 heavy (non-hydrogen) atoms. The van der Waals surface area contributed by atoms with Crippen molar-refractivity contribution in [2.45, 2.75) is 212 Å². The molecule has 276 valence electrons. The molecule has 0 aliphatic rings. The highest BCUT2D eigenvalue weighted by molar-refractivity contribution is 5.79. The van der Waals surface area contributed by atoms with Crippen LogP contribution in [0.1, 0.15) is 200 Å². The van der Waals surface area contributed by atoms with Crippen molar-refractivity contribution in [3.05, 3.63) is 0 Å². The zero-order valence-electron chi connectivity index (χ0n) is 31.2. The fourth-order valence-corrected chi connectivity index (χ4v) is 6.45. The SMILES string of the molecule is CCCCCCCCCCCCCCCCOCCCC(NC(=O)C(CCCCCCCCCCCC)CCCOC)C(O)CO. The first-order valence-corrected chi connectivity index (χ1v) is 20.3. The van der Waals surface area contributed by atoms with E-state index in [0.29, 0.717) is 19.6 Å². The minimum absolute atomic E-state index is 0.00727. The van der Waals surface area contributed by atoms with E-state index in [2.05, 4.69) is 19.2 Å². The molecule has 6 heteroatoms. The summed E-state index contributed by atoms with van der Waals surface area (Å²) in [6, 6.07) is -0.445.